The van der Waals surface area contributed by atoms with Crippen molar-refractivity contribution in [1.82, 2.24) is 4.90 Å². The monoisotopic (exact) mass is 450 g/mol. The third-order valence-corrected chi connectivity index (χ3v) is 6.20. The van der Waals surface area contributed by atoms with Crippen molar-refractivity contribution in [3.63, 3.8) is 0 Å². The number of anilines is 1. The summed E-state index contributed by atoms with van der Waals surface area (Å²) in [4.78, 5) is 16.5. The molecule has 0 radical (unpaired) electrons. The van der Waals surface area contributed by atoms with Crippen LogP contribution in [0.2, 0.25) is 5.02 Å². The van der Waals surface area contributed by atoms with Crippen LogP contribution in [-0.2, 0) is 9.84 Å². The summed E-state index contributed by atoms with van der Waals surface area (Å²) in [5.41, 5.74) is 1.66. The molecule has 0 spiro atoms. The number of sulfone groups is 1. The van der Waals surface area contributed by atoms with Gasteiger partial charge in [0.2, 0.25) is 0 Å². The molecular formula is C22H27ClN2O4S. The van der Waals surface area contributed by atoms with Gasteiger partial charge in [0, 0.05) is 30.1 Å². The van der Waals surface area contributed by atoms with Crippen molar-refractivity contribution in [1.29, 1.82) is 0 Å². The highest BCUT2D eigenvalue weighted by Gasteiger charge is 2.39. The first-order valence-corrected chi connectivity index (χ1v) is 12.5. The highest BCUT2D eigenvalue weighted by Crippen LogP contribution is 2.36. The first-order valence-electron chi connectivity index (χ1n) is 10.0. The molecule has 2 aromatic carbocycles. The van der Waals surface area contributed by atoms with Crippen LogP contribution < -0.4 is 9.64 Å². The maximum Gasteiger partial charge on any atom is 0.325 e. The fourth-order valence-corrected chi connectivity index (χ4v) is 4.09. The van der Waals surface area contributed by atoms with Crippen molar-refractivity contribution in [2.24, 2.45) is 0 Å². The second-order valence-electron chi connectivity index (χ2n) is 7.50. The summed E-state index contributed by atoms with van der Waals surface area (Å²) in [5.74, 6) is 0.694. The number of carbonyl (C=O) groups is 1. The summed E-state index contributed by atoms with van der Waals surface area (Å²) in [6, 6.07) is 14.4. The van der Waals surface area contributed by atoms with Crippen LogP contribution in [0, 0.1) is 0 Å². The Labute approximate surface area is 183 Å². The number of halogens is 1. The van der Waals surface area contributed by atoms with E-state index in [1.54, 1.807) is 34.1 Å². The molecular weight excluding hydrogens is 424 g/mol. The van der Waals surface area contributed by atoms with Gasteiger partial charge in [-0.3, -0.25) is 4.90 Å². The lowest BCUT2D eigenvalue weighted by Crippen LogP contribution is -2.35. The van der Waals surface area contributed by atoms with E-state index in [4.69, 9.17) is 16.3 Å². The van der Waals surface area contributed by atoms with Crippen LogP contribution in [0.3, 0.4) is 0 Å². The summed E-state index contributed by atoms with van der Waals surface area (Å²) in [6.45, 7) is 3.31. The van der Waals surface area contributed by atoms with Crippen LogP contribution in [-0.4, -0.2) is 51.1 Å². The van der Waals surface area contributed by atoms with Crippen molar-refractivity contribution in [2.45, 2.75) is 25.8 Å². The molecule has 3 rings (SSSR count). The Morgan fingerprint density at radius 3 is 2.57 bits per heavy atom. The number of hydrogen-bond donors (Lipinski definition) is 0. The molecule has 0 aliphatic carbocycles. The summed E-state index contributed by atoms with van der Waals surface area (Å²) in [7, 11) is -3.17. The molecule has 0 aromatic heterocycles. The number of amides is 2. The molecule has 0 bridgehead atoms. The first kappa shape index (κ1) is 22.4. The maximum absolute atomic E-state index is 13.2. The lowest BCUT2D eigenvalue weighted by molar-refractivity contribution is 0.223. The van der Waals surface area contributed by atoms with E-state index in [2.05, 4.69) is 6.92 Å². The van der Waals surface area contributed by atoms with E-state index >= 15 is 0 Å². The molecule has 8 heteroatoms. The second kappa shape index (κ2) is 9.71. The van der Waals surface area contributed by atoms with Gasteiger partial charge in [-0.25, -0.2) is 13.2 Å². The van der Waals surface area contributed by atoms with E-state index < -0.39 is 9.84 Å². The van der Waals surface area contributed by atoms with Crippen molar-refractivity contribution in [3.05, 3.63) is 59.1 Å². The molecule has 162 valence electrons. The average molecular weight is 451 g/mol. The average Bonchev–Trinajstić information content (AvgIpc) is 3.03. The Morgan fingerprint density at radius 1 is 1.17 bits per heavy atom. The molecule has 1 fully saturated rings. The van der Waals surface area contributed by atoms with Crippen LogP contribution in [0.15, 0.2) is 48.5 Å². The van der Waals surface area contributed by atoms with Crippen molar-refractivity contribution < 1.29 is 17.9 Å². The van der Waals surface area contributed by atoms with Gasteiger partial charge < -0.3 is 9.64 Å². The summed E-state index contributed by atoms with van der Waals surface area (Å²) < 4.78 is 29.1. The van der Waals surface area contributed by atoms with Crippen molar-refractivity contribution >= 4 is 33.2 Å². The van der Waals surface area contributed by atoms with Gasteiger partial charge in [-0.15, -0.1) is 0 Å². The fourth-order valence-electron chi connectivity index (χ4n) is 3.41. The van der Waals surface area contributed by atoms with E-state index in [1.165, 1.54) is 6.26 Å². The molecule has 1 aliphatic rings. The number of ether oxygens (including phenoxy) is 1. The topological polar surface area (TPSA) is 66.9 Å². The molecule has 30 heavy (non-hydrogen) atoms. The zero-order valence-electron chi connectivity index (χ0n) is 17.3. The first-order chi connectivity index (χ1) is 14.3. The predicted molar refractivity (Wildman–Crippen MR) is 120 cm³/mol. The van der Waals surface area contributed by atoms with Crippen molar-refractivity contribution in [3.8, 4) is 5.75 Å². The predicted octanol–water partition coefficient (Wildman–Crippen LogP) is 4.55. The second-order valence-corrected chi connectivity index (χ2v) is 10.2. The lowest BCUT2D eigenvalue weighted by Gasteiger charge is -2.24. The van der Waals surface area contributed by atoms with E-state index in [9.17, 15) is 13.2 Å². The number of unbranched alkanes of at least 4 members (excludes halogenated alkanes) is 1. The number of nitrogens with zero attached hydrogens (tertiary/aromatic N) is 2. The van der Waals surface area contributed by atoms with Crippen LogP contribution in [0.1, 0.15) is 31.4 Å². The van der Waals surface area contributed by atoms with Gasteiger partial charge in [-0.05, 0) is 48.4 Å². The van der Waals surface area contributed by atoms with Gasteiger partial charge in [0.15, 0.2) is 0 Å². The van der Waals surface area contributed by atoms with Crippen LogP contribution >= 0.6 is 11.6 Å². The number of hydrogen-bond acceptors (Lipinski definition) is 4. The Hall–Kier alpha value is -2.25. The van der Waals surface area contributed by atoms with E-state index in [-0.39, 0.29) is 24.4 Å². The fraction of sp³-hybridized carbons (Fsp3) is 0.409. The molecule has 1 atom stereocenters. The van der Waals surface area contributed by atoms with Gasteiger partial charge in [0.25, 0.3) is 0 Å². The molecule has 2 aromatic rings. The number of rotatable bonds is 9. The van der Waals surface area contributed by atoms with E-state index in [0.717, 1.165) is 24.2 Å². The molecule has 0 N–H and O–H groups in total. The summed E-state index contributed by atoms with van der Waals surface area (Å²) in [6.07, 6.45) is 3.21. The van der Waals surface area contributed by atoms with Gasteiger partial charge in [-0.2, -0.15) is 0 Å². The number of urea groups is 1. The molecule has 2 amide bonds. The normalized spacial score (nSPS) is 16.9. The van der Waals surface area contributed by atoms with Gasteiger partial charge in [-0.1, -0.05) is 37.1 Å². The molecule has 1 aliphatic heterocycles. The van der Waals surface area contributed by atoms with Crippen LogP contribution in [0.25, 0.3) is 0 Å². The van der Waals surface area contributed by atoms with Crippen LogP contribution in [0.5, 0.6) is 5.75 Å². The maximum atomic E-state index is 13.2. The van der Waals surface area contributed by atoms with Gasteiger partial charge >= 0.3 is 6.03 Å². The largest absolute Gasteiger partial charge is 0.494 e. The zero-order valence-corrected chi connectivity index (χ0v) is 18.8. The third-order valence-electron chi connectivity index (χ3n) is 5.03. The summed E-state index contributed by atoms with van der Waals surface area (Å²) in [5, 5.41) is 0.585. The molecule has 6 nitrogen and oxygen atoms in total. The Kier molecular flexibility index (Phi) is 7.26. The Morgan fingerprint density at radius 2 is 1.90 bits per heavy atom. The molecule has 1 saturated heterocycles. The van der Waals surface area contributed by atoms with E-state index in [1.807, 2.05) is 24.3 Å². The lowest BCUT2D eigenvalue weighted by atomic mass is 10.1. The summed E-state index contributed by atoms with van der Waals surface area (Å²) >= 11 is 6.02. The van der Waals surface area contributed by atoms with Gasteiger partial charge in [0.05, 0.1) is 18.4 Å². The third kappa shape index (κ3) is 5.67. The SMILES string of the molecule is CCCCOc1cccc(C2CN(CCS(C)(=O)=O)C(=O)N2c2ccc(Cl)cc2)c1. The molecule has 1 heterocycles. The highest BCUT2D eigenvalue weighted by atomic mass is 35.5. The standard InChI is InChI=1S/C22H27ClN2O4S/c1-3-4-13-29-20-7-5-6-17(15-20)21-16-24(12-14-30(2,27)28)22(26)25(21)19-10-8-18(23)9-11-19/h5-11,15,21H,3-4,12-14,16H2,1-2H3. The van der Waals surface area contributed by atoms with Gasteiger partial charge in [0.1, 0.15) is 15.6 Å². The zero-order chi connectivity index (χ0) is 21.7. The number of carbonyl (C=O) groups excluding carboxylic acids is 1. The van der Waals surface area contributed by atoms with Crippen molar-refractivity contribution in [2.75, 3.05) is 36.6 Å². The highest BCUT2D eigenvalue weighted by molar-refractivity contribution is 7.90. The Bertz CT molecular complexity index is 979. The molecule has 0 saturated carbocycles. The minimum atomic E-state index is -3.17. The number of benzene rings is 2. The minimum Gasteiger partial charge on any atom is -0.494 e. The smallest absolute Gasteiger partial charge is 0.325 e. The quantitative estimate of drug-likeness (QED) is 0.526. The van der Waals surface area contributed by atoms with Crippen LogP contribution in [0.4, 0.5) is 10.5 Å². The van der Waals surface area contributed by atoms with E-state index in [0.29, 0.717) is 23.9 Å². The molecule has 1 unspecified atom stereocenters. The Balaban J connectivity index is 1.90. The minimum absolute atomic E-state index is 0.0694.